The minimum atomic E-state index is -0.308. The zero-order valence-corrected chi connectivity index (χ0v) is 9.06. The van der Waals surface area contributed by atoms with Crippen LogP contribution in [-0.2, 0) is 4.74 Å². The molecule has 1 aromatic rings. The number of ether oxygens (including phenoxy) is 1. The van der Waals surface area contributed by atoms with Crippen LogP contribution in [0.4, 0.5) is 5.00 Å². The van der Waals surface area contributed by atoms with E-state index in [1.807, 2.05) is 5.38 Å². The molecular formula is C10H13NO2S. The van der Waals surface area contributed by atoms with Gasteiger partial charge in [0, 0.05) is 0 Å². The summed E-state index contributed by atoms with van der Waals surface area (Å²) in [6.07, 6.45) is 1.15. The topological polar surface area (TPSA) is 52.3 Å². The van der Waals surface area contributed by atoms with Crippen LogP contribution in [0.1, 0.15) is 35.2 Å². The first kappa shape index (κ1) is 9.52. The summed E-state index contributed by atoms with van der Waals surface area (Å²) in [6, 6.07) is 0. The second-order valence-electron chi connectivity index (χ2n) is 3.74. The number of hydrogen-bond donors (Lipinski definition) is 1. The molecule has 2 unspecified atom stereocenters. The molecule has 2 N–H and O–H groups in total. The van der Waals surface area contributed by atoms with Gasteiger partial charge in [0.2, 0.25) is 0 Å². The number of nitrogen functional groups attached to an aromatic ring is 1. The Bertz CT molecular complexity index is 372. The molecule has 3 nitrogen and oxygen atoms in total. The summed E-state index contributed by atoms with van der Waals surface area (Å²) in [5.41, 5.74) is 7.41. The van der Waals surface area contributed by atoms with Crippen molar-refractivity contribution in [3.05, 3.63) is 16.5 Å². The highest BCUT2D eigenvalue weighted by molar-refractivity contribution is 7.14. The third-order valence-corrected chi connectivity index (χ3v) is 3.58. The fraction of sp³-hybridized carbons (Fsp3) is 0.500. The van der Waals surface area contributed by atoms with E-state index in [-0.39, 0.29) is 5.97 Å². The van der Waals surface area contributed by atoms with Crippen molar-refractivity contribution >= 4 is 22.3 Å². The van der Waals surface area contributed by atoms with E-state index in [0.717, 1.165) is 12.0 Å². The van der Waals surface area contributed by atoms with Crippen molar-refractivity contribution in [1.29, 1.82) is 0 Å². The van der Waals surface area contributed by atoms with Gasteiger partial charge in [-0.3, -0.25) is 0 Å². The van der Waals surface area contributed by atoms with E-state index in [1.54, 1.807) is 0 Å². The molecule has 4 heteroatoms. The Labute approximate surface area is 86.9 Å². The van der Waals surface area contributed by atoms with Crippen LogP contribution < -0.4 is 5.73 Å². The highest BCUT2D eigenvalue weighted by Gasteiger charge is 2.38. The molecular weight excluding hydrogens is 198 g/mol. The van der Waals surface area contributed by atoms with Crippen molar-refractivity contribution < 1.29 is 9.53 Å². The normalized spacial score (nSPS) is 24.7. The van der Waals surface area contributed by atoms with E-state index in [4.69, 9.17) is 10.5 Å². The number of thiophene rings is 1. The van der Waals surface area contributed by atoms with Gasteiger partial charge in [-0.05, 0) is 29.2 Å². The van der Waals surface area contributed by atoms with Gasteiger partial charge < -0.3 is 10.5 Å². The molecule has 0 amide bonds. The fourth-order valence-electron chi connectivity index (χ4n) is 1.74. The Kier molecular flexibility index (Phi) is 2.23. The molecule has 0 saturated heterocycles. The predicted octanol–water partition coefficient (Wildman–Crippen LogP) is 2.24. The van der Waals surface area contributed by atoms with Gasteiger partial charge in [-0.15, -0.1) is 11.3 Å². The van der Waals surface area contributed by atoms with Crippen molar-refractivity contribution in [1.82, 2.24) is 0 Å². The number of carbonyl (C=O) groups excluding carboxylic acids is 1. The molecule has 0 bridgehead atoms. The Morgan fingerprint density at radius 1 is 1.71 bits per heavy atom. The monoisotopic (exact) mass is 211 g/mol. The number of anilines is 1. The molecule has 76 valence electrons. The van der Waals surface area contributed by atoms with Crippen LogP contribution in [0.2, 0.25) is 0 Å². The van der Waals surface area contributed by atoms with Gasteiger partial charge in [-0.2, -0.15) is 0 Å². The van der Waals surface area contributed by atoms with Crippen LogP contribution in [0, 0.1) is 5.92 Å². The van der Waals surface area contributed by atoms with Crippen LogP contribution in [0.15, 0.2) is 5.38 Å². The number of carbonyl (C=O) groups is 1. The van der Waals surface area contributed by atoms with E-state index in [2.05, 4.69) is 6.92 Å². The molecule has 1 saturated carbocycles. The molecule has 0 aliphatic heterocycles. The van der Waals surface area contributed by atoms with Gasteiger partial charge in [0.05, 0.1) is 12.7 Å². The molecule has 0 radical (unpaired) electrons. The molecule has 1 aliphatic rings. The zero-order valence-electron chi connectivity index (χ0n) is 8.24. The third kappa shape index (κ3) is 1.39. The van der Waals surface area contributed by atoms with Gasteiger partial charge >= 0.3 is 5.97 Å². The molecule has 14 heavy (non-hydrogen) atoms. The van der Waals surface area contributed by atoms with Crippen molar-refractivity contribution in [3.63, 3.8) is 0 Å². The second-order valence-corrected chi connectivity index (χ2v) is 4.65. The van der Waals surface area contributed by atoms with Crippen LogP contribution in [0.3, 0.4) is 0 Å². The maximum Gasteiger partial charge on any atom is 0.341 e. The van der Waals surface area contributed by atoms with Gasteiger partial charge in [-0.25, -0.2) is 4.79 Å². The first-order valence-corrected chi connectivity index (χ1v) is 5.48. The Balaban J connectivity index is 2.36. The molecule has 1 heterocycles. The molecule has 1 fully saturated rings. The summed E-state index contributed by atoms with van der Waals surface area (Å²) in [7, 11) is 1.39. The van der Waals surface area contributed by atoms with Gasteiger partial charge in [-0.1, -0.05) is 6.92 Å². The van der Waals surface area contributed by atoms with Crippen LogP contribution >= 0.6 is 11.3 Å². The van der Waals surface area contributed by atoms with Crippen molar-refractivity contribution in [3.8, 4) is 0 Å². The van der Waals surface area contributed by atoms with Crippen molar-refractivity contribution in [2.45, 2.75) is 19.3 Å². The number of rotatable bonds is 2. The van der Waals surface area contributed by atoms with E-state index in [1.165, 1.54) is 18.4 Å². The average Bonchev–Trinajstić information content (AvgIpc) is 2.75. The number of nitrogens with two attached hydrogens (primary N) is 1. The summed E-state index contributed by atoms with van der Waals surface area (Å²) in [5, 5.41) is 2.56. The number of methoxy groups -OCH3 is 1. The van der Waals surface area contributed by atoms with Crippen LogP contribution in [-0.4, -0.2) is 13.1 Å². The number of esters is 1. The van der Waals surface area contributed by atoms with Crippen molar-refractivity contribution in [2.24, 2.45) is 5.92 Å². The SMILES string of the molecule is COC(=O)c1c(C2CC2C)csc1N. The predicted molar refractivity (Wildman–Crippen MR) is 56.6 cm³/mol. The first-order chi connectivity index (χ1) is 6.65. The third-order valence-electron chi connectivity index (χ3n) is 2.75. The molecule has 0 aromatic carbocycles. The maximum absolute atomic E-state index is 11.5. The Hall–Kier alpha value is -1.03. The average molecular weight is 211 g/mol. The first-order valence-electron chi connectivity index (χ1n) is 4.60. The van der Waals surface area contributed by atoms with Gasteiger partial charge in [0.25, 0.3) is 0 Å². The van der Waals surface area contributed by atoms with E-state index >= 15 is 0 Å². The molecule has 0 spiro atoms. The summed E-state index contributed by atoms with van der Waals surface area (Å²) in [6.45, 7) is 2.18. The summed E-state index contributed by atoms with van der Waals surface area (Å²) >= 11 is 1.42. The summed E-state index contributed by atoms with van der Waals surface area (Å²) < 4.78 is 4.72. The highest BCUT2D eigenvalue weighted by atomic mass is 32.1. The van der Waals surface area contributed by atoms with E-state index in [0.29, 0.717) is 22.4 Å². The van der Waals surface area contributed by atoms with Crippen molar-refractivity contribution in [2.75, 3.05) is 12.8 Å². The van der Waals surface area contributed by atoms with Crippen LogP contribution in [0.5, 0.6) is 0 Å². The largest absolute Gasteiger partial charge is 0.465 e. The van der Waals surface area contributed by atoms with E-state index < -0.39 is 0 Å². The Morgan fingerprint density at radius 2 is 2.36 bits per heavy atom. The maximum atomic E-state index is 11.5. The lowest BCUT2D eigenvalue weighted by molar-refractivity contribution is 0.0601. The van der Waals surface area contributed by atoms with Crippen LogP contribution in [0.25, 0.3) is 0 Å². The lowest BCUT2D eigenvalue weighted by Gasteiger charge is -2.01. The molecule has 1 aromatic heterocycles. The lowest BCUT2D eigenvalue weighted by Crippen LogP contribution is -2.05. The second kappa shape index (κ2) is 3.28. The van der Waals surface area contributed by atoms with E-state index in [9.17, 15) is 4.79 Å². The smallest absolute Gasteiger partial charge is 0.341 e. The summed E-state index contributed by atoms with van der Waals surface area (Å²) in [5.74, 6) is 0.878. The molecule has 2 rings (SSSR count). The minimum Gasteiger partial charge on any atom is -0.465 e. The minimum absolute atomic E-state index is 0.308. The number of hydrogen-bond acceptors (Lipinski definition) is 4. The van der Waals surface area contributed by atoms with Gasteiger partial charge in [0.1, 0.15) is 5.00 Å². The zero-order chi connectivity index (χ0) is 10.3. The highest BCUT2D eigenvalue weighted by Crippen LogP contribution is 2.50. The van der Waals surface area contributed by atoms with Gasteiger partial charge in [0.15, 0.2) is 0 Å². The molecule has 1 aliphatic carbocycles. The fourth-order valence-corrected chi connectivity index (χ4v) is 2.60. The quantitative estimate of drug-likeness (QED) is 0.763. The summed E-state index contributed by atoms with van der Waals surface area (Å²) in [4.78, 5) is 11.5. The molecule has 2 atom stereocenters. The Morgan fingerprint density at radius 3 is 2.86 bits per heavy atom. The lowest BCUT2D eigenvalue weighted by atomic mass is 10.1. The standard InChI is InChI=1S/C10H13NO2S/c1-5-3-6(5)7-4-14-9(11)8(7)10(12)13-2/h4-6H,3,11H2,1-2H3.